The molecule has 0 aliphatic carbocycles. The SMILES string of the molecule is COC(=O)[C@@H](N)Cc1ccc(C2=CCN(Cc3ccc(F)cc3)CC2)cc1.COC(=O)[C@@H](N)Cc1ccc(C2=CCNCC2)cc1. The highest BCUT2D eigenvalue weighted by Gasteiger charge is 2.17. The number of rotatable bonds is 10. The number of hydrogen-bond acceptors (Lipinski definition) is 8. The predicted octanol–water partition coefficient (Wildman–Crippen LogP) is 4.26. The van der Waals surface area contributed by atoms with Crippen molar-refractivity contribution in [3.63, 3.8) is 0 Å². The summed E-state index contributed by atoms with van der Waals surface area (Å²) >= 11 is 0. The lowest BCUT2D eigenvalue weighted by Gasteiger charge is -2.26. The van der Waals surface area contributed by atoms with Crippen LogP contribution in [0.2, 0.25) is 0 Å². The van der Waals surface area contributed by atoms with Crippen molar-refractivity contribution in [3.05, 3.63) is 119 Å². The van der Waals surface area contributed by atoms with Crippen LogP contribution in [0.15, 0.2) is 84.9 Å². The molecule has 0 amide bonds. The van der Waals surface area contributed by atoms with Crippen LogP contribution < -0.4 is 16.8 Å². The van der Waals surface area contributed by atoms with Crippen LogP contribution in [-0.4, -0.2) is 69.3 Å². The quantitative estimate of drug-likeness (QED) is 0.285. The Kier molecular flexibility index (Phi) is 13.2. The summed E-state index contributed by atoms with van der Waals surface area (Å²) < 4.78 is 22.3. The summed E-state index contributed by atoms with van der Waals surface area (Å²) in [6, 6.07) is 21.9. The molecule has 244 valence electrons. The number of hydrogen-bond donors (Lipinski definition) is 3. The van der Waals surface area contributed by atoms with Crippen molar-refractivity contribution < 1.29 is 23.5 Å². The molecule has 0 unspecified atom stereocenters. The molecule has 0 spiro atoms. The fourth-order valence-corrected chi connectivity index (χ4v) is 5.54. The number of nitrogens with two attached hydrogens (primary N) is 2. The molecule has 5 rings (SSSR count). The van der Waals surface area contributed by atoms with Crippen LogP contribution in [0, 0.1) is 5.82 Å². The van der Waals surface area contributed by atoms with Crippen LogP contribution in [0.5, 0.6) is 0 Å². The number of ether oxygens (including phenoxy) is 2. The first-order valence-electron chi connectivity index (χ1n) is 15.7. The molecule has 2 heterocycles. The Morgan fingerprint density at radius 2 is 1.26 bits per heavy atom. The van der Waals surface area contributed by atoms with Gasteiger partial charge in [-0.25, -0.2) is 4.39 Å². The standard InChI is InChI=1S/C22H25FN2O2.C15H20N2O2/c1-27-22(26)21(24)14-16-2-6-18(7-3-16)19-10-12-25(13-11-19)15-17-4-8-20(23)9-5-17;1-19-15(18)14(16)10-11-2-4-12(5-3-11)13-6-8-17-9-7-13/h2-10,21H,11-15,24H2,1H3;2-6,14,17H,7-10,16H2,1H3/t21-;14-/m00/s1. The summed E-state index contributed by atoms with van der Waals surface area (Å²) in [5, 5.41) is 3.30. The third-order valence-electron chi connectivity index (χ3n) is 8.25. The van der Waals surface area contributed by atoms with Gasteiger partial charge in [0.15, 0.2) is 0 Å². The van der Waals surface area contributed by atoms with Crippen molar-refractivity contribution in [2.45, 2.75) is 44.3 Å². The first-order valence-corrected chi connectivity index (χ1v) is 15.7. The van der Waals surface area contributed by atoms with E-state index < -0.39 is 18.1 Å². The van der Waals surface area contributed by atoms with Gasteiger partial charge in [-0.15, -0.1) is 0 Å². The van der Waals surface area contributed by atoms with E-state index in [1.165, 1.54) is 48.6 Å². The summed E-state index contributed by atoms with van der Waals surface area (Å²) in [6.07, 6.45) is 7.48. The minimum absolute atomic E-state index is 0.199. The number of esters is 2. The average Bonchev–Trinajstić information content (AvgIpc) is 3.10. The molecule has 5 N–H and O–H groups in total. The lowest BCUT2D eigenvalue weighted by Crippen LogP contribution is -2.33. The Hall–Kier alpha value is -4.15. The molecule has 0 aromatic heterocycles. The van der Waals surface area contributed by atoms with Gasteiger partial charge in [-0.2, -0.15) is 0 Å². The Labute approximate surface area is 271 Å². The van der Waals surface area contributed by atoms with E-state index >= 15 is 0 Å². The molecule has 0 fully saturated rings. The Balaban J connectivity index is 0.000000222. The van der Waals surface area contributed by atoms with E-state index in [1.54, 1.807) is 0 Å². The average molecular weight is 629 g/mol. The number of halogens is 1. The van der Waals surface area contributed by atoms with E-state index in [1.807, 2.05) is 36.4 Å². The zero-order valence-electron chi connectivity index (χ0n) is 26.7. The lowest BCUT2D eigenvalue weighted by molar-refractivity contribution is -0.142. The zero-order valence-corrected chi connectivity index (χ0v) is 26.7. The molecule has 3 aromatic rings. The van der Waals surface area contributed by atoms with Gasteiger partial charge in [-0.3, -0.25) is 14.5 Å². The van der Waals surface area contributed by atoms with Gasteiger partial charge in [0.1, 0.15) is 17.9 Å². The molecule has 46 heavy (non-hydrogen) atoms. The van der Waals surface area contributed by atoms with Crippen LogP contribution in [0.1, 0.15) is 40.7 Å². The molecule has 2 aliphatic rings. The molecule has 0 bridgehead atoms. The van der Waals surface area contributed by atoms with Gasteiger partial charge in [0.2, 0.25) is 0 Å². The Morgan fingerprint density at radius 3 is 1.70 bits per heavy atom. The Morgan fingerprint density at radius 1 is 0.761 bits per heavy atom. The number of nitrogens with one attached hydrogen (secondary N) is 1. The summed E-state index contributed by atoms with van der Waals surface area (Å²) in [5.41, 5.74) is 19.9. The second-order valence-electron chi connectivity index (χ2n) is 11.6. The lowest BCUT2D eigenvalue weighted by atomic mass is 9.97. The smallest absolute Gasteiger partial charge is 0.322 e. The van der Waals surface area contributed by atoms with Gasteiger partial charge in [0.05, 0.1) is 14.2 Å². The minimum atomic E-state index is -0.630. The molecular formula is C37H45FN4O4. The van der Waals surface area contributed by atoms with E-state index in [9.17, 15) is 14.0 Å². The summed E-state index contributed by atoms with van der Waals surface area (Å²) in [4.78, 5) is 25.0. The molecule has 0 radical (unpaired) electrons. The zero-order chi connectivity index (χ0) is 32.9. The van der Waals surface area contributed by atoms with Gasteiger partial charge in [-0.1, -0.05) is 72.8 Å². The number of carbonyl (C=O) groups is 2. The van der Waals surface area contributed by atoms with Crippen molar-refractivity contribution in [2.24, 2.45) is 11.5 Å². The summed E-state index contributed by atoms with van der Waals surface area (Å²) in [6.45, 7) is 4.64. The fraction of sp³-hybridized carbons (Fsp3) is 0.351. The Bertz CT molecular complexity index is 1490. The molecule has 8 nitrogen and oxygen atoms in total. The van der Waals surface area contributed by atoms with Gasteiger partial charge >= 0.3 is 11.9 Å². The number of nitrogens with zero attached hydrogens (tertiary/aromatic N) is 1. The van der Waals surface area contributed by atoms with Crippen molar-refractivity contribution in [1.82, 2.24) is 10.2 Å². The molecule has 2 aliphatic heterocycles. The fourth-order valence-electron chi connectivity index (χ4n) is 5.54. The highest BCUT2D eigenvalue weighted by molar-refractivity contribution is 5.76. The van der Waals surface area contributed by atoms with Crippen LogP contribution in [-0.2, 0) is 38.4 Å². The molecule has 2 atom stereocenters. The predicted molar refractivity (Wildman–Crippen MR) is 180 cm³/mol. The van der Waals surface area contributed by atoms with E-state index in [4.69, 9.17) is 11.5 Å². The minimum Gasteiger partial charge on any atom is -0.468 e. The van der Waals surface area contributed by atoms with Crippen molar-refractivity contribution in [2.75, 3.05) is 40.4 Å². The molecule has 0 saturated carbocycles. The van der Waals surface area contributed by atoms with E-state index in [-0.39, 0.29) is 11.8 Å². The molecule has 3 aromatic carbocycles. The topological polar surface area (TPSA) is 120 Å². The molecular weight excluding hydrogens is 583 g/mol. The first-order chi connectivity index (χ1) is 22.2. The van der Waals surface area contributed by atoms with Gasteiger partial charge in [0.25, 0.3) is 0 Å². The van der Waals surface area contributed by atoms with Gasteiger partial charge < -0.3 is 26.3 Å². The second kappa shape index (κ2) is 17.5. The van der Waals surface area contributed by atoms with E-state index in [0.29, 0.717) is 12.8 Å². The van der Waals surface area contributed by atoms with Crippen LogP contribution in [0.3, 0.4) is 0 Å². The normalized spacial score (nSPS) is 16.2. The highest BCUT2D eigenvalue weighted by atomic mass is 19.1. The molecule has 9 heteroatoms. The van der Waals surface area contributed by atoms with E-state index in [2.05, 4.69) is 56.1 Å². The van der Waals surface area contributed by atoms with E-state index in [0.717, 1.165) is 62.3 Å². The number of benzene rings is 3. The van der Waals surface area contributed by atoms with Crippen LogP contribution in [0.4, 0.5) is 4.39 Å². The maximum Gasteiger partial charge on any atom is 0.322 e. The van der Waals surface area contributed by atoms with Crippen LogP contribution >= 0.6 is 0 Å². The first kappa shape index (κ1) is 34.7. The molecule has 0 saturated heterocycles. The van der Waals surface area contributed by atoms with Crippen molar-refractivity contribution >= 4 is 23.1 Å². The van der Waals surface area contributed by atoms with Crippen LogP contribution in [0.25, 0.3) is 11.1 Å². The monoisotopic (exact) mass is 628 g/mol. The van der Waals surface area contributed by atoms with Crippen molar-refractivity contribution in [1.29, 1.82) is 0 Å². The highest BCUT2D eigenvalue weighted by Crippen LogP contribution is 2.24. The van der Waals surface area contributed by atoms with Gasteiger partial charge in [0, 0.05) is 26.2 Å². The summed E-state index contributed by atoms with van der Waals surface area (Å²) in [7, 11) is 2.70. The second-order valence-corrected chi connectivity index (χ2v) is 11.6. The maximum atomic E-state index is 13.0. The largest absolute Gasteiger partial charge is 0.468 e. The maximum absolute atomic E-state index is 13.0. The van der Waals surface area contributed by atoms with Gasteiger partial charge in [-0.05, 0) is 83.3 Å². The summed E-state index contributed by atoms with van der Waals surface area (Å²) in [5.74, 6) is -0.962. The number of carbonyl (C=O) groups excluding carboxylic acids is 2. The third kappa shape index (κ3) is 10.5. The number of methoxy groups -OCH3 is 2. The van der Waals surface area contributed by atoms with Crippen molar-refractivity contribution in [3.8, 4) is 0 Å². The third-order valence-corrected chi connectivity index (χ3v) is 8.25.